The van der Waals surface area contributed by atoms with E-state index >= 15 is 0 Å². The van der Waals surface area contributed by atoms with E-state index in [0.29, 0.717) is 37.4 Å². The molecule has 17 heteroatoms. The van der Waals surface area contributed by atoms with Crippen molar-refractivity contribution < 1.29 is 47.1 Å². The molecule has 0 aromatic heterocycles. The van der Waals surface area contributed by atoms with E-state index in [4.69, 9.17) is 4.74 Å². The summed E-state index contributed by atoms with van der Waals surface area (Å²) in [5.74, 6) is -5.91. The van der Waals surface area contributed by atoms with E-state index in [-0.39, 0.29) is 44.0 Å². The predicted octanol–water partition coefficient (Wildman–Crippen LogP) is 2.42. The number of urea groups is 1. The fourth-order valence-electron chi connectivity index (χ4n) is 8.31. The van der Waals surface area contributed by atoms with Gasteiger partial charge in [0.05, 0.1) is 0 Å². The summed E-state index contributed by atoms with van der Waals surface area (Å²) in [6, 6.07) is 1.82. The molecule has 7 amide bonds. The van der Waals surface area contributed by atoms with Crippen molar-refractivity contribution in [2.24, 2.45) is 5.92 Å². The number of fused-ring (bicyclic) bond motifs is 3. The van der Waals surface area contributed by atoms with E-state index < -0.39 is 102 Å². The number of nitrogens with zero attached hydrogens (tertiary/aromatic N) is 3. The fraction of sp³-hybridized carbons (Fsp3) is 0.537. The van der Waals surface area contributed by atoms with Crippen molar-refractivity contribution >= 4 is 47.2 Å². The number of hydrogen-bond acceptors (Lipinski definition) is 8. The van der Waals surface area contributed by atoms with Gasteiger partial charge in [0.25, 0.3) is 0 Å². The van der Waals surface area contributed by atoms with Crippen LogP contribution in [-0.4, -0.2) is 119 Å². The van der Waals surface area contributed by atoms with Crippen LogP contribution in [0.25, 0.3) is 0 Å². The number of carbonyl (C=O) groups is 7. The lowest BCUT2D eigenvalue weighted by atomic mass is 9.99. The summed E-state index contributed by atoms with van der Waals surface area (Å²) in [5.41, 5.74) is 1.46. The van der Waals surface area contributed by atoms with Crippen LogP contribution in [0.4, 0.5) is 19.3 Å². The van der Waals surface area contributed by atoms with Crippen LogP contribution in [0, 0.1) is 17.6 Å². The Kier molecular flexibility index (Phi) is 13.3. The summed E-state index contributed by atoms with van der Waals surface area (Å²) < 4.78 is 34.3. The van der Waals surface area contributed by atoms with Crippen molar-refractivity contribution in [1.82, 2.24) is 30.7 Å². The molecule has 312 valence electrons. The van der Waals surface area contributed by atoms with Gasteiger partial charge in [-0.2, -0.15) is 0 Å². The Labute approximate surface area is 335 Å². The number of anilines is 1. The number of carbonyl (C=O) groups excluding carboxylic acids is 7. The largest absolute Gasteiger partial charge is 0.461 e. The van der Waals surface area contributed by atoms with Crippen molar-refractivity contribution in [3.63, 3.8) is 0 Å². The second-order valence-electron chi connectivity index (χ2n) is 15.7. The number of hydrogen-bond donors (Lipinski definition) is 4. The molecule has 4 heterocycles. The lowest BCUT2D eigenvalue weighted by Gasteiger charge is -2.39. The molecule has 58 heavy (non-hydrogen) atoms. The Hall–Kier alpha value is -5.61. The highest BCUT2D eigenvalue weighted by atomic mass is 19.1. The van der Waals surface area contributed by atoms with E-state index in [0.717, 1.165) is 24.1 Å². The zero-order chi connectivity index (χ0) is 41.7. The van der Waals surface area contributed by atoms with Gasteiger partial charge in [-0.05, 0) is 93.2 Å². The van der Waals surface area contributed by atoms with E-state index in [1.165, 1.54) is 21.6 Å². The summed E-state index contributed by atoms with van der Waals surface area (Å²) in [4.78, 5) is 101. The first-order valence-electron chi connectivity index (χ1n) is 20.0. The highest BCUT2D eigenvalue weighted by Crippen LogP contribution is 2.28. The first-order valence-corrected chi connectivity index (χ1v) is 20.0. The van der Waals surface area contributed by atoms with Gasteiger partial charge in [-0.3, -0.25) is 24.0 Å². The molecule has 7 atom stereocenters. The zero-order valence-corrected chi connectivity index (χ0v) is 32.9. The second kappa shape index (κ2) is 18.3. The van der Waals surface area contributed by atoms with Gasteiger partial charge in [-0.15, -0.1) is 0 Å². The summed E-state index contributed by atoms with van der Waals surface area (Å²) in [6.45, 7) is 5.27. The van der Waals surface area contributed by atoms with Crippen LogP contribution in [0.5, 0.6) is 0 Å². The SMILES string of the molecule is CCc1ccc(NC(=O)N[C@@H](Cc2cc(F)cc(F)c2)C(=O)N[C@H]2COC(=O)[C@@H]3C[C@@H](C)CN3C(=O)[C@H](C)NC(=O)[C@@H]3CCCCN3C(=O)[C@@H]3CCCN3C2=O)cc1. The van der Waals surface area contributed by atoms with Gasteiger partial charge in [-0.25, -0.2) is 18.4 Å². The van der Waals surface area contributed by atoms with Gasteiger partial charge in [0, 0.05) is 37.8 Å². The minimum atomic E-state index is -1.58. The first-order chi connectivity index (χ1) is 27.7. The third-order valence-electron chi connectivity index (χ3n) is 11.3. The summed E-state index contributed by atoms with van der Waals surface area (Å²) in [6.07, 6.45) is 2.98. The lowest BCUT2D eigenvalue weighted by molar-refractivity contribution is -0.158. The van der Waals surface area contributed by atoms with Gasteiger partial charge >= 0.3 is 12.0 Å². The Balaban J connectivity index is 1.31. The number of halogens is 2. The fourth-order valence-corrected chi connectivity index (χ4v) is 8.31. The highest BCUT2D eigenvalue weighted by Gasteiger charge is 2.46. The molecule has 4 N–H and O–H groups in total. The zero-order valence-electron chi connectivity index (χ0n) is 32.9. The summed E-state index contributed by atoms with van der Waals surface area (Å²) in [5, 5.41) is 10.5. The standard InChI is InChI=1S/C41H51F2N7O8/c1-4-25-10-12-29(13-11-25)45-41(57)47-30(19-26-17-27(42)20-28(43)18-26)35(51)46-31-22-58-40(56)34-16-23(2)21-50(34)37(53)24(3)44-36(52)32-8-5-6-14-48(32)39(55)33-9-7-15-49(33)38(31)54/h10-13,17-18,20,23-24,30-34H,4-9,14-16,19,21-22H2,1-3H3,(H,44,52)(H,46,51)(H2,45,47,57)/t23-,24+,30+,31+,32+,33+,34+/m1/s1. The molecule has 0 saturated carbocycles. The molecule has 4 aliphatic heterocycles. The Morgan fingerprint density at radius 3 is 2.21 bits per heavy atom. The average molecular weight is 808 g/mol. The van der Waals surface area contributed by atoms with Gasteiger partial charge in [0.15, 0.2) is 0 Å². The molecular weight excluding hydrogens is 756 g/mol. The monoisotopic (exact) mass is 807 g/mol. The van der Waals surface area contributed by atoms with E-state index in [1.54, 1.807) is 12.1 Å². The van der Waals surface area contributed by atoms with Crippen LogP contribution < -0.4 is 21.3 Å². The van der Waals surface area contributed by atoms with Crippen molar-refractivity contribution in [3.8, 4) is 0 Å². The number of aryl methyl sites for hydroxylation is 1. The molecule has 2 aromatic rings. The molecule has 0 spiro atoms. The van der Waals surface area contributed by atoms with Crippen molar-refractivity contribution in [3.05, 3.63) is 65.2 Å². The lowest BCUT2D eigenvalue weighted by Crippen LogP contribution is -2.62. The summed E-state index contributed by atoms with van der Waals surface area (Å²) >= 11 is 0. The molecule has 0 radical (unpaired) electrons. The predicted molar refractivity (Wildman–Crippen MR) is 206 cm³/mol. The van der Waals surface area contributed by atoms with Gasteiger partial charge in [-0.1, -0.05) is 26.0 Å². The van der Waals surface area contributed by atoms with Crippen molar-refractivity contribution in [2.75, 3.05) is 31.6 Å². The molecule has 4 saturated heterocycles. The quantitative estimate of drug-likeness (QED) is 0.308. The van der Waals surface area contributed by atoms with Gasteiger partial charge in [0.1, 0.15) is 54.5 Å². The maximum Gasteiger partial charge on any atom is 0.328 e. The first kappa shape index (κ1) is 42.0. The van der Waals surface area contributed by atoms with E-state index in [1.807, 2.05) is 26.0 Å². The smallest absolute Gasteiger partial charge is 0.328 e. The van der Waals surface area contributed by atoms with Crippen LogP contribution in [0.2, 0.25) is 0 Å². The number of cyclic esters (lactones) is 1. The van der Waals surface area contributed by atoms with Crippen molar-refractivity contribution in [1.29, 1.82) is 0 Å². The Bertz CT molecular complexity index is 1890. The van der Waals surface area contributed by atoms with E-state index in [9.17, 15) is 42.3 Å². The minimum absolute atomic E-state index is 0.0284. The molecule has 2 aromatic carbocycles. The normalized spacial score (nSPS) is 26.2. The maximum absolute atomic E-state index is 14.5. The van der Waals surface area contributed by atoms with E-state index in [2.05, 4.69) is 21.3 Å². The number of amides is 7. The van der Waals surface area contributed by atoms with Crippen LogP contribution in [-0.2, 0) is 46.3 Å². The minimum Gasteiger partial charge on any atom is -0.461 e. The average Bonchev–Trinajstić information content (AvgIpc) is 3.85. The molecule has 0 aliphatic carbocycles. The molecule has 15 nitrogen and oxygen atoms in total. The van der Waals surface area contributed by atoms with Crippen LogP contribution in [0.3, 0.4) is 0 Å². The molecule has 0 bridgehead atoms. The number of rotatable bonds is 7. The molecule has 4 fully saturated rings. The summed E-state index contributed by atoms with van der Waals surface area (Å²) in [7, 11) is 0. The molecule has 0 unspecified atom stereocenters. The van der Waals surface area contributed by atoms with Gasteiger partial charge < -0.3 is 40.7 Å². The number of piperidine rings is 1. The third kappa shape index (κ3) is 9.73. The number of ether oxygens (including phenoxy) is 1. The number of esters is 1. The number of benzene rings is 2. The molecular formula is C41H51F2N7O8. The Morgan fingerprint density at radius 2 is 1.50 bits per heavy atom. The molecule has 4 aliphatic rings. The van der Waals surface area contributed by atoms with Crippen molar-refractivity contribution in [2.45, 2.75) is 108 Å². The maximum atomic E-state index is 14.5. The number of nitrogens with one attached hydrogen (secondary N) is 4. The van der Waals surface area contributed by atoms with Crippen LogP contribution in [0.15, 0.2) is 42.5 Å². The van der Waals surface area contributed by atoms with Gasteiger partial charge in [0.2, 0.25) is 29.5 Å². The van der Waals surface area contributed by atoms with Crippen LogP contribution in [0.1, 0.15) is 70.4 Å². The highest BCUT2D eigenvalue weighted by molar-refractivity contribution is 5.98. The topological polar surface area (TPSA) is 187 Å². The molecule has 6 rings (SSSR count). The third-order valence-corrected chi connectivity index (χ3v) is 11.3. The van der Waals surface area contributed by atoms with Crippen LogP contribution >= 0.6 is 0 Å². The second-order valence-corrected chi connectivity index (χ2v) is 15.7. The Morgan fingerprint density at radius 1 is 0.828 bits per heavy atom.